The van der Waals surface area contributed by atoms with Crippen LogP contribution in [0.1, 0.15) is 45.7 Å². The first-order valence-electron chi connectivity index (χ1n) is 7.14. The maximum atomic E-state index is 11.5. The Morgan fingerprint density at radius 3 is 1.95 bits per heavy atom. The lowest BCUT2D eigenvalue weighted by Gasteiger charge is -2.17. The highest BCUT2D eigenvalue weighted by molar-refractivity contribution is 5.76. The van der Waals surface area contributed by atoms with E-state index in [1.54, 1.807) is 9.80 Å². The second-order valence-electron chi connectivity index (χ2n) is 4.41. The summed E-state index contributed by atoms with van der Waals surface area (Å²) < 4.78 is 0. The van der Waals surface area contributed by atoms with Crippen molar-refractivity contribution in [2.75, 3.05) is 20.6 Å². The summed E-state index contributed by atoms with van der Waals surface area (Å²) in [6.45, 7) is 9.03. The van der Waals surface area contributed by atoms with Crippen LogP contribution in [-0.2, 0) is 0 Å². The minimum Gasteiger partial charge on any atom is -0.325 e. The monoisotopic (exact) mass is 264 g/mol. The molecule has 0 saturated carbocycles. The van der Waals surface area contributed by atoms with Crippen LogP contribution in [0.4, 0.5) is 4.79 Å². The highest BCUT2D eigenvalue weighted by atomic mass is 16.2. The molecule has 2 rings (SSSR count). The molecule has 1 fully saturated rings. The molecule has 19 heavy (non-hydrogen) atoms. The van der Waals surface area contributed by atoms with Crippen molar-refractivity contribution in [1.29, 1.82) is 0 Å². The van der Waals surface area contributed by atoms with Gasteiger partial charge in [-0.25, -0.2) is 4.79 Å². The minimum atomic E-state index is 0.0962. The van der Waals surface area contributed by atoms with Crippen LogP contribution >= 0.6 is 0 Å². The first-order valence-corrected chi connectivity index (χ1v) is 7.14. The normalized spacial score (nSPS) is 17.4. The van der Waals surface area contributed by atoms with Gasteiger partial charge in [-0.2, -0.15) is 0 Å². The van der Waals surface area contributed by atoms with Gasteiger partial charge < -0.3 is 9.80 Å². The summed E-state index contributed by atoms with van der Waals surface area (Å²) in [6, 6.07) is 10.4. The van der Waals surface area contributed by atoms with E-state index in [9.17, 15) is 4.79 Å². The number of likely N-dealkylation sites (N-methyl/N-ethyl adjacent to an activating group) is 2. The number of hydrogen-bond acceptors (Lipinski definition) is 1. The molecule has 1 aromatic rings. The zero-order valence-electron chi connectivity index (χ0n) is 13.2. The topological polar surface area (TPSA) is 23.6 Å². The van der Waals surface area contributed by atoms with Crippen LogP contribution in [0.2, 0.25) is 0 Å². The van der Waals surface area contributed by atoms with Gasteiger partial charge in [-0.1, -0.05) is 64.4 Å². The largest absolute Gasteiger partial charge is 0.325 e. The van der Waals surface area contributed by atoms with E-state index in [0.717, 1.165) is 6.54 Å². The molecule has 3 nitrogen and oxygen atoms in total. The molecule has 1 aromatic carbocycles. The van der Waals surface area contributed by atoms with Crippen molar-refractivity contribution in [2.24, 2.45) is 0 Å². The molecule has 0 radical (unpaired) electrons. The van der Waals surface area contributed by atoms with E-state index >= 15 is 0 Å². The van der Waals surface area contributed by atoms with Gasteiger partial charge >= 0.3 is 6.03 Å². The van der Waals surface area contributed by atoms with E-state index < -0.39 is 0 Å². The van der Waals surface area contributed by atoms with Gasteiger partial charge in [-0.15, -0.1) is 0 Å². The van der Waals surface area contributed by atoms with Gasteiger partial charge in [-0.3, -0.25) is 0 Å². The Bertz CT molecular complexity index is 351. The summed E-state index contributed by atoms with van der Waals surface area (Å²) in [5.41, 5.74) is 1.20. The van der Waals surface area contributed by atoms with Crippen molar-refractivity contribution in [3.63, 3.8) is 0 Å². The summed E-state index contributed by atoms with van der Waals surface area (Å²) in [6.07, 6.45) is 1.25. The molecule has 3 heteroatoms. The molecule has 0 spiro atoms. The Morgan fingerprint density at radius 2 is 1.58 bits per heavy atom. The van der Waals surface area contributed by atoms with E-state index in [4.69, 9.17) is 0 Å². The molecule has 1 aliphatic heterocycles. The molecule has 1 saturated heterocycles. The van der Waals surface area contributed by atoms with E-state index in [-0.39, 0.29) is 12.1 Å². The number of urea groups is 1. The van der Waals surface area contributed by atoms with Gasteiger partial charge in [0.05, 0.1) is 6.04 Å². The maximum Gasteiger partial charge on any atom is 0.320 e. The molecule has 1 atom stereocenters. The van der Waals surface area contributed by atoms with Crippen molar-refractivity contribution in [1.82, 2.24) is 9.80 Å². The Kier molecular flexibility index (Phi) is 8.68. The predicted molar refractivity (Wildman–Crippen MR) is 82.3 cm³/mol. The second kappa shape index (κ2) is 9.42. The highest BCUT2D eigenvalue weighted by Crippen LogP contribution is 2.26. The van der Waals surface area contributed by atoms with Gasteiger partial charge in [0, 0.05) is 20.6 Å². The molecule has 0 N–H and O–H groups in total. The number of benzene rings is 1. The van der Waals surface area contributed by atoms with Crippen molar-refractivity contribution < 1.29 is 4.79 Å². The van der Waals surface area contributed by atoms with Crippen molar-refractivity contribution in [2.45, 2.75) is 40.2 Å². The number of carbonyl (C=O) groups excluding carboxylic acids is 1. The molecule has 1 unspecified atom stereocenters. The Balaban J connectivity index is 0.000000573. The molecular formula is C16H28N2O. The fourth-order valence-corrected chi connectivity index (χ4v) is 1.87. The average Bonchev–Trinajstić information content (AvgIpc) is 2.71. The van der Waals surface area contributed by atoms with Crippen LogP contribution in [-0.4, -0.2) is 36.5 Å². The van der Waals surface area contributed by atoms with Crippen LogP contribution in [0, 0.1) is 0 Å². The lowest BCUT2D eigenvalue weighted by Crippen LogP contribution is -2.26. The first-order chi connectivity index (χ1) is 9.11. The quantitative estimate of drug-likeness (QED) is 0.747. The Morgan fingerprint density at radius 1 is 1.11 bits per heavy atom. The third-order valence-electron chi connectivity index (χ3n) is 2.73. The van der Waals surface area contributed by atoms with Gasteiger partial charge in [0.1, 0.15) is 0 Å². The summed E-state index contributed by atoms with van der Waals surface area (Å²) in [4.78, 5) is 15.1. The molecule has 0 aromatic heterocycles. The van der Waals surface area contributed by atoms with Crippen LogP contribution in [0.5, 0.6) is 0 Å². The summed E-state index contributed by atoms with van der Waals surface area (Å²) in [7, 11) is 3.69. The smallest absolute Gasteiger partial charge is 0.320 e. The van der Waals surface area contributed by atoms with E-state index in [0.29, 0.717) is 0 Å². The average molecular weight is 264 g/mol. The van der Waals surface area contributed by atoms with Gasteiger partial charge in [0.25, 0.3) is 0 Å². The van der Waals surface area contributed by atoms with E-state index in [1.165, 1.54) is 12.0 Å². The number of amides is 2. The molecule has 2 amide bonds. The van der Waals surface area contributed by atoms with Gasteiger partial charge in [0.2, 0.25) is 0 Å². The number of hydrogen-bond donors (Lipinski definition) is 0. The lowest BCUT2D eigenvalue weighted by atomic mass is 10.1. The zero-order chi connectivity index (χ0) is 14.8. The third kappa shape index (κ3) is 4.93. The third-order valence-corrected chi connectivity index (χ3v) is 2.73. The van der Waals surface area contributed by atoms with E-state index in [2.05, 4.69) is 26.0 Å². The summed E-state index contributed by atoms with van der Waals surface area (Å²) in [5.74, 6) is 0. The molecule has 0 aliphatic carbocycles. The van der Waals surface area contributed by atoms with Crippen LogP contribution < -0.4 is 0 Å². The van der Waals surface area contributed by atoms with Crippen LogP contribution in [0.3, 0.4) is 0 Å². The molecule has 0 bridgehead atoms. The SMILES string of the molecule is CC.CCC.CN1CC(c2ccccc2)N(C)C1=O. The van der Waals surface area contributed by atoms with Crippen LogP contribution in [0.15, 0.2) is 30.3 Å². The van der Waals surface area contributed by atoms with Crippen LogP contribution in [0.25, 0.3) is 0 Å². The Labute approximate surface area is 118 Å². The predicted octanol–water partition coefficient (Wildman–Crippen LogP) is 4.17. The summed E-state index contributed by atoms with van der Waals surface area (Å²) in [5, 5.41) is 0. The number of nitrogens with zero attached hydrogens (tertiary/aromatic N) is 2. The zero-order valence-corrected chi connectivity index (χ0v) is 13.2. The lowest BCUT2D eigenvalue weighted by molar-refractivity contribution is 0.201. The second-order valence-corrected chi connectivity index (χ2v) is 4.41. The summed E-state index contributed by atoms with van der Waals surface area (Å²) >= 11 is 0. The fraction of sp³-hybridized carbons (Fsp3) is 0.562. The standard InChI is InChI=1S/C11H14N2O.C3H8.C2H6/c1-12-8-10(13(2)11(12)14)9-6-4-3-5-7-9;1-3-2;1-2/h3-7,10H,8H2,1-2H3;3H2,1-2H3;1-2H3. The first kappa shape index (κ1) is 17.5. The molecule has 1 heterocycles. The van der Waals surface area contributed by atoms with Gasteiger partial charge in [-0.05, 0) is 5.56 Å². The molecule has 1 aliphatic rings. The van der Waals surface area contributed by atoms with E-state index in [1.807, 2.05) is 46.1 Å². The van der Waals surface area contributed by atoms with Crippen molar-refractivity contribution >= 4 is 6.03 Å². The highest BCUT2D eigenvalue weighted by Gasteiger charge is 2.32. The van der Waals surface area contributed by atoms with Crippen molar-refractivity contribution in [3.05, 3.63) is 35.9 Å². The number of carbonyl (C=O) groups is 1. The van der Waals surface area contributed by atoms with Crippen molar-refractivity contribution in [3.8, 4) is 0 Å². The Hall–Kier alpha value is -1.51. The minimum absolute atomic E-state index is 0.0962. The van der Waals surface area contributed by atoms with Gasteiger partial charge in [0.15, 0.2) is 0 Å². The number of rotatable bonds is 1. The maximum absolute atomic E-state index is 11.5. The molecular weight excluding hydrogens is 236 g/mol. The molecule has 108 valence electrons. The fourth-order valence-electron chi connectivity index (χ4n) is 1.87.